The summed E-state index contributed by atoms with van der Waals surface area (Å²) < 4.78 is 25.1. The van der Waals surface area contributed by atoms with Gasteiger partial charge in [-0.1, -0.05) is 0 Å². The lowest BCUT2D eigenvalue weighted by atomic mass is 10.4. The molecule has 1 unspecified atom stereocenters. The van der Waals surface area contributed by atoms with Gasteiger partial charge in [0.25, 0.3) is 11.8 Å². The molecule has 1 heterocycles. The molecule has 1 aliphatic rings. The van der Waals surface area contributed by atoms with Crippen LogP contribution in [0.25, 0.3) is 0 Å². The fourth-order valence-electron chi connectivity index (χ4n) is 0.802. The largest absolute Gasteiger partial charge is 0.305 e. The summed E-state index contributed by atoms with van der Waals surface area (Å²) >= 11 is 5.28. The molecule has 80 valence electrons. The van der Waals surface area contributed by atoms with E-state index in [-0.39, 0.29) is 17.9 Å². The Morgan fingerprint density at radius 3 is 2.14 bits per heavy atom. The van der Waals surface area contributed by atoms with Crippen LogP contribution in [0.1, 0.15) is 19.8 Å². The molecular weight excluding hydrogens is 234 g/mol. The first-order valence-corrected chi connectivity index (χ1v) is 5.68. The number of halogens is 1. The Kier molecular flexibility index (Phi) is 3.13. The van der Waals surface area contributed by atoms with Gasteiger partial charge in [-0.2, -0.15) is 8.42 Å². The molecule has 0 aromatic carbocycles. The summed E-state index contributed by atoms with van der Waals surface area (Å²) in [5.41, 5.74) is 0. The Bertz CT molecular complexity index is 346. The lowest BCUT2D eigenvalue weighted by Gasteiger charge is -2.13. The molecular formula is C6H8ClNO5S. The third kappa shape index (κ3) is 2.23. The van der Waals surface area contributed by atoms with Crippen molar-refractivity contribution >= 4 is 33.5 Å². The zero-order chi connectivity index (χ0) is 10.9. The molecule has 0 N–H and O–H groups in total. The predicted molar refractivity (Wildman–Crippen MR) is 46.4 cm³/mol. The lowest BCUT2D eigenvalue weighted by Crippen LogP contribution is -2.34. The summed E-state index contributed by atoms with van der Waals surface area (Å²) in [6.07, 6.45) is -0.0734. The van der Waals surface area contributed by atoms with Crippen molar-refractivity contribution in [3.8, 4) is 0 Å². The van der Waals surface area contributed by atoms with Crippen molar-refractivity contribution < 1.29 is 22.3 Å². The van der Waals surface area contributed by atoms with Crippen LogP contribution in [0.15, 0.2) is 0 Å². The summed E-state index contributed by atoms with van der Waals surface area (Å²) in [6.45, 7) is 1.17. The van der Waals surface area contributed by atoms with Crippen molar-refractivity contribution in [3.05, 3.63) is 0 Å². The highest BCUT2D eigenvalue weighted by molar-refractivity contribution is 7.88. The molecule has 0 bridgehead atoms. The van der Waals surface area contributed by atoms with Crippen LogP contribution in [-0.2, 0) is 24.0 Å². The summed E-state index contributed by atoms with van der Waals surface area (Å²) in [5.74, 6) is -1.34. The number of rotatable bonds is 3. The molecule has 0 aliphatic carbocycles. The summed E-state index contributed by atoms with van der Waals surface area (Å²) in [6, 6.07) is 0. The van der Waals surface area contributed by atoms with E-state index in [0.29, 0.717) is 0 Å². The van der Waals surface area contributed by atoms with Crippen LogP contribution in [-0.4, -0.2) is 30.0 Å². The topological polar surface area (TPSA) is 80.8 Å². The number of imide groups is 1. The number of hydrogen-bond donors (Lipinski definition) is 0. The standard InChI is InChI=1S/C6H8ClNO5S/c1-4(7)14(11,12)13-8-5(9)2-3-6(8)10/h4H,2-3H2,1H3. The highest BCUT2D eigenvalue weighted by Crippen LogP contribution is 2.17. The van der Waals surface area contributed by atoms with Crippen molar-refractivity contribution in [2.75, 3.05) is 0 Å². The molecule has 0 saturated carbocycles. The zero-order valence-electron chi connectivity index (χ0n) is 7.27. The van der Waals surface area contributed by atoms with Gasteiger partial charge in [0, 0.05) is 12.8 Å². The Morgan fingerprint density at radius 1 is 1.36 bits per heavy atom. The summed E-state index contributed by atoms with van der Waals surface area (Å²) in [4.78, 5) is 21.9. The van der Waals surface area contributed by atoms with Crippen LogP contribution in [0.2, 0.25) is 0 Å². The Balaban J connectivity index is 2.79. The minimum Gasteiger partial charge on any atom is -0.272 e. The quantitative estimate of drug-likeness (QED) is 0.512. The van der Waals surface area contributed by atoms with E-state index in [0.717, 1.165) is 0 Å². The van der Waals surface area contributed by atoms with E-state index in [1.165, 1.54) is 6.92 Å². The number of hydrogen-bond acceptors (Lipinski definition) is 5. The second kappa shape index (κ2) is 3.84. The third-order valence-corrected chi connectivity index (χ3v) is 3.39. The molecule has 0 spiro atoms. The van der Waals surface area contributed by atoms with Crippen LogP contribution in [0.4, 0.5) is 0 Å². The highest BCUT2D eigenvalue weighted by atomic mass is 35.5. The normalized spacial score (nSPS) is 20.3. The van der Waals surface area contributed by atoms with Gasteiger partial charge in [0.2, 0.25) is 0 Å². The van der Waals surface area contributed by atoms with Gasteiger partial charge in [0.1, 0.15) is 0 Å². The predicted octanol–water partition coefficient (Wildman–Crippen LogP) is -0.0184. The van der Waals surface area contributed by atoms with Crippen LogP contribution >= 0.6 is 11.6 Å². The summed E-state index contributed by atoms with van der Waals surface area (Å²) in [5, 5.41) is 0.244. The number of carbonyl (C=O) groups excluding carboxylic acids is 2. The fourth-order valence-corrected chi connectivity index (χ4v) is 1.39. The summed E-state index contributed by atoms with van der Waals surface area (Å²) in [7, 11) is -4.10. The van der Waals surface area contributed by atoms with Gasteiger partial charge in [-0.15, -0.1) is 20.9 Å². The van der Waals surface area contributed by atoms with E-state index in [1.807, 2.05) is 0 Å². The Hall–Kier alpha value is -0.660. The third-order valence-electron chi connectivity index (χ3n) is 1.58. The molecule has 14 heavy (non-hydrogen) atoms. The van der Waals surface area contributed by atoms with E-state index >= 15 is 0 Å². The van der Waals surface area contributed by atoms with Gasteiger partial charge in [-0.05, 0) is 6.92 Å². The van der Waals surface area contributed by atoms with E-state index < -0.39 is 26.6 Å². The lowest BCUT2D eigenvalue weighted by molar-refractivity contribution is -0.163. The minimum atomic E-state index is -4.10. The maximum atomic E-state index is 11.1. The second-order valence-corrected chi connectivity index (χ2v) is 5.45. The van der Waals surface area contributed by atoms with E-state index in [2.05, 4.69) is 4.28 Å². The van der Waals surface area contributed by atoms with Gasteiger partial charge >= 0.3 is 10.1 Å². The molecule has 1 fully saturated rings. The number of alkyl halides is 1. The SMILES string of the molecule is CC(Cl)S(=O)(=O)ON1C(=O)CCC1=O. The second-order valence-electron chi connectivity index (χ2n) is 2.69. The number of nitrogens with zero attached hydrogens (tertiary/aromatic N) is 1. The van der Waals surface area contributed by atoms with E-state index in [1.54, 1.807) is 0 Å². The Labute approximate surface area is 85.8 Å². The maximum Gasteiger partial charge on any atom is 0.305 e. The van der Waals surface area contributed by atoms with Crippen molar-refractivity contribution in [3.63, 3.8) is 0 Å². The molecule has 2 amide bonds. The van der Waals surface area contributed by atoms with Gasteiger partial charge in [-0.3, -0.25) is 9.59 Å². The van der Waals surface area contributed by atoms with Crippen molar-refractivity contribution in [1.29, 1.82) is 0 Å². The van der Waals surface area contributed by atoms with Gasteiger partial charge in [-0.25, -0.2) is 0 Å². The van der Waals surface area contributed by atoms with Crippen LogP contribution in [0.5, 0.6) is 0 Å². The van der Waals surface area contributed by atoms with Gasteiger partial charge in [0.05, 0.1) is 0 Å². The molecule has 8 heteroatoms. The van der Waals surface area contributed by atoms with Crippen molar-refractivity contribution in [2.45, 2.75) is 24.5 Å². The average molecular weight is 242 g/mol. The first-order valence-electron chi connectivity index (χ1n) is 3.78. The van der Waals surface area contributed by atoms with Crippen LogP contribution < -0.4 is 0 Å². The first kappa shape index (κ1) is 11.4. The molecule has 0 aromatic rings. The molecule has 0 radical (unpaired) electrons. The fraction of sp³-hybridized carbons (Fsp3) is 0.667. The van der Waals surface area contributed by atoms with E-state index in [4.69, 9.17) is 11.6 Å². The monoisotopic (exact) mass is 241 g/mol. The average Bonchev–Trinajstić information content (AvgIpc) is 2.35. The molecule has 1 aliphatic heterocycles. The van der Waals surface area contributed by atoms with Crippen molar-refractivity contribution in [2.24, 2.45) is 0 Å². The van der Waals surface area contributed by atoms with Crippen molar-refractivity contribution in [1.82, 2.24) is 5.06 Å². The Morgan fingerprint density at radius 2 is 1.79 bits per heavy atom. The maximum absolute atomic E-state index is 11.1. The molecule has 6 nitrogen and oxygen atoms in total. The van der Waals surface area contributed by atoms with Crippen LogP contribution in [0.3, 0.4) is 0 Å². The number of carbonyl (C=O) groups is 2. The smallest absolute Gasteiger partial charge is 0.272 e. The minimum absolute atomic E-state index is 0.0367. The first-order chi connectivity index (χ1) is 6.34. The molecule has 1 saturated heterocycles. The highest BCUT2D eigenvalue weighted by Gasteiger charge is 2.35. The molecule has 1 rings (SSSR count). The van der Waals surface area contributed by atoms with Gasteiger partial charge in [0.15, 0.2) is 4.71 Å². The number of amides is 2. The number of hydroxylamine groups is 2. The van der Waals surface area contributed by atoms with E-state index in [9.17, 15) is 18.0 Å². The zero-order valence-corrected chi connectivity index (χ0v) is 8.84. The van der Waals surface area contributed by atoms with Gasteiger partial charge < -0.3 is 0 Å². The molecule has 1 atom stereocenters. The molecule has 0 aromatic heterocycles. The van der Waals surface area contributed by atoms with Crippen LogP contribution in [0, 0.1) is 0 Å².